The van der Waals surface area contributed by atoms with Gasteiger partial charge in [-0.25, -0.2) is 0 Å². The van der Waals surface area contributed by atoms with Crippen molar-refractivity contribution in [3.8, 4) is 0 Å². The second-order valence-corrected chi connectivity index (χ2v) is 6.14. The number of carbonyl (C=O) groups excluding carboxylic acids is 1. The number of nitrogens with one attached hydrogen (secondary N) is 2. The summed E-state index contributed by atoms with van der Waals surface area (Å²) in [5.41, 5.74) is 6.77. The lowest BCUT2D eigenvalue weighted by atomic mass is 9.92. The number of amides is 1. The number of hydrogen-bond acceptors (Lipinski definition) is 3. The van der Waals surface area contributed by atoms with E-state index in [-0.39, 0.29) is 5.91 Å². The Morgan fingerprint density at radius 3 is 2.63 bits per heavy atom. The lowest BCUT2D eigenvalue weighted by molar-refractivity contribution is -0.128. The first-order valence-corrected chi connectivity index (χ1v) is 7.04. The molecule has 0 saturated heterocycles. The average molecular weight is 344 g/mol. The van der Waals surface area contributed by atoms with Gasteiger partial charge in [-0.05, 0) is 41.9 Å². The zero-order valence-electron chi connectivity index (χ0n) is 11.2. The van der Waals surface area contributed by atoms with Crippen molar-refractivity contribution in [1.82, 2.24) is 5.32 Å². The molecule has 0 aliphatic heterocycles. The van der Waals surface area contributed by atoms with Crippen molar-refractivity contribution in [2.45, 2.75) is 13.8 Å². The molecule has 0 aromatic heterocycles. The second-order valence-electron chi connectivity index (χ2n) is 4.84. The molecular formula is C13H18BrN3OS. The third kappa shape index (κ3) is 3.91. The molecule has 0 fully saturated rings. The second kappa shape index (κ2) is 6.34. The molecule has 104 valence electrons. The number of benzene rings is 1. The fourth-order valence-electron chi connectivity index (χ4n) is 1.66. The van der Waals surface area contributed by atoms with E-state index in [0.717, 1.165) is 15.7 Å². The van der Waals surface area contributed by atoms with Gasteiger partial charge >= 0.3 is 0 Å². The number of hydrogen-bond donors (Lipinski definition) is 3. The Balaban J connectivity index is 2.93. The summed E-state index contributed by atoms with van der Waals surface area (Å²) in [6, 6.07) is 5.66. The summed E-state index contributed by atoms with van der Waals surface area (Å²) in [6.45, 7) is 4.23. The van der Waals surface area contributed by atoms with E-state index in [4.69, 9.17) is 18.0 Å². The summed E-state index contributed by atoms with van der Waals surface area (Å²) in [6.07, 6.45) is 0. The fourth-order valence-corrected chi connectivity index (χ4v) is 2.59. The van der Waals surface area contributed by atoms with Gasteiger partial charge in [0.2, 0.25) is 5.91 Å². The van der Waals surface area contributed by atoms with Crippen LogP contribution in [0.25, 0.3) is 0 Å². The van der Waals surface area contributed by atoms with Crippen molar-refractivity contribution in [1.29, 1.82) is 0 Å². The molecule has 6 heteroatoms. The Labute approximate surface area is 127 Å². The minimum atomic E-state index is -0.523. The van der Waals surface area contributed by atoms with E-state index >= 15 is 0 Å². The van der Waals surface area contributed by atoms with Gasteiger partial charge in [0.1, 0.15) is 4.99 Å². The highest BCUT2D eigenvalue weighted by Gasteiger charge is 2.26. The maximum atomic E-state index is 11.7. The maximum Gasteiger partial charge on any atom is 0.227 e. The van der Waals surface area contributed by atoms with Crippen molar-refractivity contribution >= 4 is 44.7 Å². The van der Waals surface area contributed by atoms with Crippen LogP contribution < -0.4 is 16.4 Å². The Bertz CT molecular complexity index is 503. The summed E-state index contributed by atoms with van der Waals surface area (Å²) >= 11 is 8.47. The summed E-state index contributed by atoms with van der Waals surface area (Å²) in [5.74, 6) is -0.0214. The molecule has 0 atom stereocenters. The number of thiocarbonyl (C=S) groups is 1. The monoisotopic (exact) mass is 343 g/mol. The molecule has 4 N–H and O–H groups in total. The van der Waals surface area contributed by atoms with Crippen molar-refractivity contribution in [3.05, 3.63) is 28.2 Å². The molecule has 19 heavy (non-hydrogen) atoms. The molecule has 0 heterocycles. The number of rotatable bonds is 5. The molecule has 0 aliphatic carbocycles. The van der Waals surface area contributed by atoms with E-state index in [2.05, 4.69) is 26.6 Å². The van der Waals surface area contributed by atoms with Crippen LogP contribution in [0.1, 0.15) is 19.4 Å². The molecule has 0 unspecified atom stereocenters. The van der Waals surface area contributed by atoms with Crippen molar-refractivity contribution in [2.24, 2.45) is 11.1 Å². The first-order chi connectivity index (χ1) is 8.79. The molecule has 0 aliphatic rings. The largest absolute Gasteiger partial charge is 0.389 e. The summed E-state index contributed by atoms with van der Waals surface area (Å²) in [5, 5.41) is 5.88. The van der Waals surface area contributed by atoms with E-state index in [1.165, 1.54) is 0 Å². The summed E-state index contributed by atoms with van der Waals surface area (Å²) in [4.78, 5) is 12.0. The van der Waals surface area contributed by atoms with Gasteiger partial charge in [0.25, 0.3) is 0 Å². The number of anilines is 1. The van der Waals surface area contributed by atoms with Crippen LogP contribution in [0.15, 0.2) is 22.7 Å². The molecule has 1 aromatic rings. The lowest BCUT2D eigenvalue weighted by Gasteiger charge is -2.24. The highest BCUT2D eigenvalue weighted by molar-refractivity contribution is 9.10. The molecule has 4 nitrogen and oxygen atoms in total. The van der Waals surface area contributed by atoms with Crippen LogP contribution in [0, 0.1) is 5.41 Å². The van der Waals surface area contributed by atoms with Crippen molar-refractivity contribution < 1.29 is 4.79 Å². The first kappa shape index (κ1) is 15.9. The SMILES string of the molecule is CNC(=O)C(C)(C)CNc1cccc(Br)c1C(N)=S. The van der Waals surface area contributed by atoms with E-state index in [1.807, 2.05) is 32.0 Å². The van der Waals surface area contributed by atoms with Gasteiger partial charge in [-0.1, -0.05) is 18.3 Å². The summed E-state index contributed by atoms with van der Waals surface area (Å²) in [7, 11) is 1.63. The predicted octanol–water partition coefficient (Wildman–Crippen LogP) is 2.27. The van der Waals surface area contributed by atoms with Gasteiger partial charge in [0.15, 0.2) is 0 Å². The minimum Gasteiger partial charge on any atom is -0.389 e. The Hall–Kier alpha value is -1.14. The highest BCUT2D eigenvalue weighted by atomic mass is 79.9. The first-order valence-electron chi connectivity index (χ1n) is 5.84. The molecule has 1 aromatic carbocycles. The van der Waals surface area contributed by atoms with Gasteiger partial charge in [0.05, 0.1) is 5.41 Å². The minimum absolute atomic E-state index is 0.0214. The van der Waals surface area contributed by atoms with Crippen molar-refractivity contribution in [2.75, 3.05) is 18.9 Å². The van der Waals surface area contributed by atoms with Crippen molar-refractivity contribution in [3.63, 3.8) is 0 Å². The average Bonchev–Trinajstić information content (AvgIpc) is 2.34. The fraction of sp³-hybridized carbons (Fsp3) is 0.385. The van der Waals surface area contributed by atoms with Crippen LogP contribution >= 0.6 is 28.1 Å². The van der Waals surface area contributed by atoms with E-state index < -0.39 is 5.41 Å². The topological polar surface area (TPSA) is 67.2 Å². The normalized spacial score (nSPS) is 10.9. The Kier molecular flexibility index (Phi) is 5.31. The molecular weight excluding hydrogens is 326 g/mol. The predicted molar refractivity (Wildman–Crippen MR) is 86.4 cm³/mol. The molecule has 0 spiro atoms. The quantitative estimate of drug-likeness (QED) is 0.717. The molecule has 0 saturated carbocycles. The molecule has 1 rings (SSSR count). The number of nitrogens with two attached hydrogens (primary N) is 1. The van der Waals surface area contributed by atoms with E-state index in [1.54, 1.807) is 7.05 Å². The smallest absolute Gasteiger partial charge is 0.227 e. The molecule has 1 amide bonds. The van der Waals surface area contributed by atoms with Crippen LogP contribution in [0.4, 0.5) is 5.69 Å². The van der Waals surface area contributed by atoms with E-state index in [0.29, 0.717) is 11.5 Å². The van der Waals surface area contributed by atoms with Crippen LogP contribution in [0.2, 0.25) is 0 Å². The Morgan fingerprint density at radius 2 is 2.11 bits per heavy atom. The third-order valence-electron chi connectivity index (χ3n) is 2.82. The van der Waals surface area contributed by atoms with Gasteiger partial charge in [-0.2, -0.15) is 0 Å². The standard InChI is InChI=1S/C13H18BrN3OS/c1-13(2,12(18)16-3)7-17-9-6-4-5-8(14)10(9)11(15)19/h4-6,17H,7H2,1-3H3,(H2,15,19)(H,16,18). The van der Waals surface area contributed by atoms with E-state index in [9.17, 15) is 4.79 Å². The zero-order valence-corrected chi connectivity index (χ0v) is 13.6. The van der Waals surface area contributed by atoms with Crippen LogP contribution in [-0.4, -0.2) is 24.5 Å². The zero-order chi connectivity index (χ0) is 14.6. The highest BCUT2D eigenvalue weighted by Crippen LogP contribution is 2.26. The van der Waals surface area contributed by atoms with Crippen LogP contribution in [-0.2, 0) is 4.79 Å². The number of halogens is 1. The van der Waals surface area contributed by atoms with Gasteiger partial charge in [-0.3, -0.25) is 4.79 Å². The Morgan fingerprint density at radius 1 is 1.47 bits per heavy atom. The van der Waals surface area contributed by atoms with Crippen LogP contribution in [0.5, 0.6) is 0 Å². The van der Waals surface area contributed by atoms with Gasteiger partial charge in [0, 0.05) is 29.3 Å². The molecule has 0 bridgehead atoms. The maximum absolute atomic E-state index is 11.7. The third-order valence-corrected chi connectivity index (χ3v) is 3.69. The van der Waals surface area contributed by atoms with Gasteiger partial charge in [-0.15, -0.1) is 0 Å². The summed E-state index contributed by atoms with van der Waals surface area (Å²) < 4.78 is 0.836. The number of carbonyl (C=O) groups is 1. The molecule has 0 radical (unpaired) electrons. The lowest BCUT2D eigenvalue weighted by Crippen LogP contribution is -2.39. The van der Waals surface area contributed by atoms with Crippen LogP contribution in [0.3, 0.4) is 0 Å². The van der Waals surface area contributed by atoms with Gasteiger partial charge < -0.3 is 16.4 Å².